The highest BCUT2D eigenvalue weighted by Crippen LogP contribution is 2.26. The van der Waals surface area contributed by atoms with E-state index in [1.165, 1.54) is 17.9 Å². The van der Waals surface area contributed by atoms with Crippen molar-refractivity contribution in [2.75, 3.05) is 29.1 Å². The summed E-state index contributed by atoms with van der Waals surface area (Å²) >= 11 is 1.98. The summed E-state index contributed by atoms with van der Waals surface area (Å²) in [4.78, 5) is 11.1. The van der Waals surface area contributed by atoms with Crippen LogP contribution in [0.5, 0.6) is 0 Å². The Morgan fingerprint density at radius 1 is 1.53 bits per heavy atom. The van der Waals surface area contributed by atoms with Crippen molar-refractivity contribution >= 4 is 29.0 Å². The Bertz CT molecular complexity index is 416. The molecule has 0 radical (unpaired) electrons. The van der Waals surface area contributed by atoms with Gasteiger partial charge in [-0.1, -0.05) is 6.07 Å². The molecule has 2 rings (SSSR count). The third-order valence-electron chi connectivity index (χ3n) is 2.98. The zero-order valence-electron chi connectivity index (χ0n) is 9.61. The van der Waals surface area contributed by atoms with Crippen LogP contribution in [-0.2, 0) is 0 Å². The highest BCUT2D eigenvalue weighted by atomic mass is 32.2. The van der Waals surface area contributed by atoms with Crippen molar-refractivity contribution in [3.8, 4) is 0 Å². The SMILES string of the molecule is NC(=O)c1cccc(NCC2CCSC2)c1N. The van der Waals surface area contributed by atoms with Gasteiger partial charge in [0.05, 0.1) is 16.9 Å². The number of nitrogens with one attached hydrogen (secondary N) is 1. The molecule has 1 aliphatic rings. The molecule has 5 N–H and O–H groups in total. The summed E-state index contributed by atoms with van der Waals surface area (Å²) in [5, 5.41) is 3.30. The van der Waals surface area contributed by atoms with Crippen molar-refractivity contribution < 1.29 is 4.79 Å². The number of thioether (sulfide) groups is 1. The maximum atomic E-state index is 11.1. The van der Waals surface area contributed by atoms with Crippen molar-refractivity contribution in [1.82, 2.24) is 0 Å². The van der Waals surface area contributed by atoms with Crippen LogP contribution >= 0.6 is 11.8 Å². The summed E-state index contributed by atoms with van der Waals surface area (Å²) < 4.78 is 0. The molecule has 5 heteroatoms. The molecule has 4 nitrogen and oxygen atoms in total. The van der Waals surface area contributed by atoms with Crippen LogP contribution < -0.4 is 16.8 Å². The van der Waals surface area contributed by atoms with E-state index in [-0.39, 0.29) is 0 Å². The fourth-order valence-corrected chi connectivity index (χ4v) is 3.22. The van der Waals surface area contributed by atoms with Crippen LogP contribution in [0, 0.1) is 5.92 Å². The zero-order valence-corrected chi connectivity index (χ0v) is 10.4. The second-order valence-electron chi connectivity index (χ2n) is 4.24. The molecule has 1 aliphatic heterocycles. The average Bonchev–Trinajstić information content (AvgIpc) is 2.80. The average molecular weight is 251 g/mol. The van der Waals surface area contributed by atoms with E-state index in [0.717, 1.165) is 12.2 Å². The van der Waals surface area contributed by atoms with Crippen molar-refractivity contribution in [3.05, 3.63) is 23.8 Å². The van der Waals surface area contributed by atoms with E-state index in [9.17, 15) is 4.79 Å². The van der Waals surface area contributed by atoms with Crippen LogP contribution in [-0.4, -0.2) is 24.0 Å². The summed E-state index contributed by atoms with van der Waals surface area (Å²) in [5.41, 5.74) is 12.8. The number of benzene rings is 1. The van der Waals surface area contributed by atoms with Crippen LogP contribution in [0.3, 0.4) is 0 Å². The Morgan fingerprint density at radius 2 is 2.35 bits per heavy atom. The van der Waals surface area contributed by atoms with Crippen LogP contribution in [0.2, 0.25) is 0 Å². The van der Waals surface area contributed by atoms with Crippen molar-refractivity contribution in [1.29, 1.82) is 0 Å². The number of carbonyl (C=O) groups is 1. The molecule has 0 saturated carbocycles. The highest BCUT2D eigenvalue weighted by Gasteiger charge is 2.16. The van der Waals surface area contributed by atoms with Gasteiger partial charge in [0.25, 0.3) is 5.91 Å². The molecule has 1 fully saturated rings. The Kier molecular flexibility index (Phi) is 3.78. The van der Waals surface area contributed by atoms with Gasteiger partial charge < -0.3 is 16.8 Å². The van der Waals surface area contributed by atoms with Gasteiger partial charge in [-0.2, -0.15) is 11.8 Å². The largest absolute Gasteiger partial charge is 0.396 e. The van der Waals surface area contributed by atoms with E-state index in [4.69, 9.17) is 11.5 Å². The molecule has 1 aromatic rings. The molecule has 1 heterocycles. The summed E-state index contributed by atoms with van der Waals surface area (Å²) in [6.07, 6.45) is 1.24. The number of carbonyl (C=O) groups excluding carboxylic acids is 1. The van der Waals surface area contributed by atoms with Crippen LogP contribution in [0.15, 0.2) is 18.2 Å². The van der Waals surface area contributed by atoms with Gasteiger partial charge in [-0.25, -0.2) is 0 Å². The second kappa shape index (κ2) is 5.31. The lowest BCUT2D eigenvalue weighted by atomic mass is 10.1. The standard InChI is InChI=1S/C12H17N3OS/c13-11-9(12(14)16)2-1-3-10(11)15-6-8-4-5-17-7-8/h1-3,8,15H,4-7,13H2,(H2,14,16). The quantitative estimate of drug-likeness (QED) is 0.709. The summed E-state index contributed by atoms with van der Waals surface area (Å²) in [7, 11) is 0. The van der Waals surface area contributed by atoms with Gasteiger partial charge in [0.15, 0.2) is 0 Å². The smallest absolute Gasteiger partial charge is 0.250 e. The monoisotopic (exact) mass is 251 g/mol. The Labute approximate surface area is 105 Å². The molecule has 0 bridgehead atoms. The van der Waals surface area contributed by atoms with E-state index < -0.39 is 5.91 Å². The minimum atomic E-state index is -0.484. The first kappa shape index (κ1) is 12.1. The zero-order chi connectivity index (χ0) is 12.3. The number of amides is 1. The van der Waals surface area contributed by atoms with Gasteiger partial charge >= 0.3 is 0 Å². The fourth-order valence-electron chi connectivity index (χ4n) is 1.93. The lowest BCUT2D eigenvalue weighted by Crippen LogP contribution is -2.17. The number of rotatable bonds is 4. The summed E-state index contributed by atoms with van der Waals surface area (Å²) in [5.74, 6) is 2.64. The fraction of sp³-hybridized carbons (Fsp3) is 0.417. The molecule has 1 aromatic carbocycles. The molecule has 1 saturated heterocycles. The normalized spacial score (nSPS) is 19.2. The second-order valence-corrected chi connectivity index (χ2v) is 5.39. The van der Waals surface area contributed by atoms with Crippen LogP contribution in [0.4, 0.5) is 11.4 Å². The lowest BCUT2D eigenvalue weighted by Gasteiger charge is -2.14. The van der Waals surface area contributed by atoms with E-state index in [1.807, 2.05) is 17.8 Å². The van der Waals surface area contributed by atoms with Crippen LogP contribution in [0.25, 0.3) is 0 Å². The minimum absolute atomic E-state index is 0.385. The van der Waals surface area contributed by atoms with Gasteiger partial charge in [0, 0.05) is 6.54 Å². The van der Waals surface area contributed by atoms with Crippen molar-refractivity contribution in [2.24, 2.45) is 11.7 Å². The van der Waals surface area contributed by atoms with Crippen LogP contribution in [0.1, 0.15) is 16.8 Å². The van der Waals surface area contributed by atoms with Gasteiger partial charge in [-0.05, 0) is 36.0 Å². The number of para-hydroxylation sites is 1. The summed E-state index contributed by atoms with van der Waals surface area (Å²) in [6.45, 7) is 0.902. The third-order valence-corrected chi connectivity index (χ3v) is 4.21. The molecule has 1 amide bonds. The molecule has 0 spiro atoms. The topological polar surface area (TPSA) is 81.1 Å². The molecule has 0 aliphatic carbocycles. The Morgan fingerprint density at radius 3 is 3.00 bits per heavy atom. The number of primary amides is 1. The number of nitrogens with two attached hydrogens (primary N) is 2. The first-order valence-corrected chi connectivity index (χ1v) is 6.84. The number of hydrogen-bond donors (Lipinski definition) is 3. The number of nitrogen functional groups attached to an aromatic ring is 1. The predicted octanol–water partition coefficient (Wildman–Crippen LogP) is 1.53. The first-order valence-electron chi connectivity index (χ1n) is 5.68. The lowest BCUT2D eigenvalue weighted by molar-refractivity contribution is 0.100. The third kappa shape index (κ3) is 2.85. The molecular formula is C12H17N3OS. The van der Waals surface area contributed by atoms with E-state index in [2.05, 4.69) is 5.32 Å². The van der Waals surface area contributed by atoms with Gasteiger partial charge in [0.1, 0.15) is 0 Å². The Balaban J connectivity index is 2.04. The van der Waals surface area contributed by atoms with Gasteiger partial charge in [-0.3, -0.25) is 4.79 Å². The van der Waals surface area contributed by atoms with E-state index in [1.54, 1.807) is 12.1 Å². The van der Waals surface area contributed by atoms with Gasteiger partial charge in [-0.15, -0.1) is 0 Å². The molecular weight excluding hydrogens is 234 g/mol. The molecule has 0 aromatic heterocycles. The molecule has 1 atom stereocenters. The van der Waals surface area contributed by atoms with E-state index >= 15 is 0 Å². The Hall–Kier alpha value is -1.36. The molecule has 17 heavy (non-hydrogen) atoms. The maximum Gasteiger partial charge on any atom is 0.250 e. The van der Waals surface area contributed by atoms with E-state index in [0.29, 0.717) is 17.2 Å². The number of hydrogen-bond acceptors (Lipinski definition) is 4. The van der Waals surface area contributed by atoms with Gasteiger partial charge in [0.2, 0.25) is 0 Å². The molecule has 92 valence electrons. The highest BCUT2D eigenvalue weighted by molar-refractivity contribution is 7.99. The minimum Gasteiger partial charge on any atom is -0.396 e. The number of anilines is 2. The maximum absolute atomic E-state index is 11.1. The van der Waals surface area contributed by atoms with Crippen molar-refractivity contribution in [2.45, 2.75) is 6.42 Å². The summed E-state index contributed by atoms with van der Waals surface area (Å²) in [6, 6.07) is 5.32. The van der Waals surface area contributed by atoms with Crippen molar-refractivity contribution in [3.63, 3.8) is 0 Å². The molecule has 1 unspecified atom stereocenters. The first-order chi connectivity index (χ1) is 8.18. The predicted molar refractivity (Wildman–Crippen MR) is 73.3 cm³/mol.